The fourth-order valence-corrected chi connectivity index (χ4v) is 2.99. The van der Waals surface area contributed by atoms with Gasteiger partial charge in [0.1, 0.15) is 0 Å². The molecule has 1 aromatic rings. The number of nitrogens with one attached hydrogen (secondary N) is 1. The van der Waals surface area contributed by atoms with Crippen molar-refractivity contribution in [1.29, 1.82) is 0 Å². The van der Waals surface area contributed by atoms with Crippen molar-refractivity contribution in [3.05, 3.63) is 34.9 Å². The number of hydrogen-bond donors (Lipinski definition) is 1. The molecule has 1 aliphatic rings. The van der Waals surface area contributed by atoms with Crippen molar-refractivity contribution in [3.63, 3.8) is 0 Å². The Bertz CT molecular complexity index is 356. The van der Waals surface area contributed by atoms with Gasteiger partial charge in [-0.05, 0) is 82.5 Å². The number of rotatable bonds is 6. The van der Waals surface area contributed by atoms with Gasteiger partial charge in [-0.3, -0.25) is 0 Å². The molecule has 0 spiro atoms. The van der Waals surface area contributed by atoms with Crippen molar-refractivity contribution in [2.24, 2.45) is 5.92 Å². The summed E-state index contributed by atoms with van der Waals surface area (Å²) < 4.78 is 0. The van der Waals surface area contributed by atoms with Crippen LogP contribution in [0.5, 0.6) is 0 Å². The van der Waals surface area contributed by atoms with Gasteiger partial charge in [0.05, 0.1) is 0 Å². The second-order valence-corrected chi connectivity index (χ2v) is 6.01. The van der Waals surface area contributed by atoms with E-state index in [4.69, 9.17) is 11.6 Å². The minimum atomic E-state index is 0.829. The average molecular weight is 281 g/mol. The highest BCUT2D eigenvalue weighted by Crippen LogP contribution is 2.17. The standard InChI is InChI=1S/C16H25ClN2/c1-18-13-15-8-11-19(12-9-15)10-2-3-14-4-6-16(17)7-5-14/h4-7,15,18H,2-3,8-13H2,1H3. The molecule has 1 aliphatic heterocycles. The van der Waals surface area contributed by atoms with Crippen molar-refractivity contribution in [3.8, 4) is 0 Å². The van der Waals surface area contributed by atoms with E-state index in [1.54, 1.807) is 0 Å². The lowest BCUT2D eigenvalue weighted by Crippen LogP contribution is -2.37. The van der Waals surface area contributed by atoms with Crippen LogP contribution in [0.4, 0.5) is 0 Å². The summed E-state index contributed by atoms with van der Waals surface area (Å²) in [6, 6.07) is 8.25. The van der Waals surface area contributed by atoms with Gasteiger partial charge in [0, 0.05) is 5.02 Å². The Labute approximate surface area is 122 Å². The maximum absolute atomic E-state index is 5.89. The normalized spacial score (nSPS) is 17.8. The predicted molar refractivity (Wildman–Crippen MR) is 82.9 cm³/mol. The molecular formula is C16H25ClN2. The van der Waals surface area contributed by atoms with Crippen molar-refractivity contribution in [1.82, 2.24) is 10.2 Å². The molecule has 0 saturated carbocycles. The van der Waals surface area contributed by atoms with E-state index >= 15 is 0 Å². The van der Waals surface area contributed by atoms with Crippen LogP contribution in [-0.2, 0) is 6.42 Å². The van der Waals surface area contributed by atoms with E-state index in [2.05, 4.69) is 29.4 Å². The Morgan fingerprint density at radius 2 is 1.89 bits per heavy atom. The lowest BCUT2D eigenvalue weighted by Gasteiger charge is -2.31. The van der Waals surface area contributed by atoms with Crippen molar-refractivity contribution < 1.29 is 0 Å². The van der Waals surface area contributed by atoms with Crippen LogP contribution in [0.1, 0.15) is 24.8 Å². The summed E-state index contributed by atoms with van der Waals surface area (Å²) in [5, 5.41) is 4.12. The first-order valence-electron chi connectivity index (χ1n) is 7.39. The fraction of sp³-hybridized carbons (Fsp3) is 0.625. The summed E-state index contributed by atoms with van der Waals surface area (Å²) in [5.41, 5.74) is 1.40. The molecule has 1 aromatic carbocycles. The smallest absolute Gasteiger partial charge is 0.0406 e. The molecule has 0 bridgehead atoms. The zero-order valence-corrected chi connectivity index (χ0v) is 12.6. The number of aryl methyl sites for hydroxylation is 1. The molecule has 0 amide bonds. The Morgan fingerprint density at radius 1 is 1.21 bits per heavy atom. The molecule has 3 heteroatoms. The summed E-state index contributed by atoms with van der Waals surface area (Å²) in [6.07, 6.45) is 5.11. The van der Waals surface area contributed by atoms with Crippen LogP contribution < -0.4 is 5.32 Å². The Hall–Kier alpha value is -0.570. The average Bonchev–Trinajstić information content (AvgIpc) is 2.43. The first kappa shape index (κ1) is 14.8. The zero-order valence-electron chi connectivity index (χ0n) is 11.9. The van der Waals surface area contributed by atoms with E-state index in [9.17, 15) is 0 Å². The number of nitrogens with zero attached hydrogens (tertiary/aromatic N) is 1. The molecular weight excluding hydrogens is 256 g/mol. The van der Waals surface area contributed by atoms with Gasteiger partial charge in [0.25, 0.3) is 0 Å². The third-order valence-electron chi connectivity index (χ3n) is 4.05. The first-order chi connectivity index (χ1) is 9.28. The SMILES string of the molecule is CNCC1CCN(CCCc2ccc(Cl)cc2)CC1. The molecule has 106 valence electrons. The molecule has 0 atom stereocenters. The summed E-state index contributed by atoms with van der Waals surface area (Å²) in [5.74, 6) is 0.887. The number of benzene rings is 1. The van der Waals surface area contributed by atoms with Gasteiger partial charge < -0.3 is 10.2 Å². The van der Waals surface area contributed by atoms with Crippen LogP contribution in [0.3, 0.4) is 0 Å². The molecule has 1 fully saturated rings. The maximum atomic E-state index is 5.89. The molecule has 0 unspecified atom stereocenters. The van der Waals surface area contributed by atoms with Crippen LogP contribution in [-0.4, -0.2) is 38.1 Å². The van der Waals surface area contributed by atoms with Crippen LogP contribution in [0.25, 0.3) is 0 Å². The Balaban J connectivity index is 1.63. The minimum Gasteiger partial charge on any atom is -0.319 e. The quantitative estimate of drug-likeness (QED) is 0.861. The van der Waals surface area contributed by atoms with Crippen LogP contribution >= 0.6 is 11.6 Å². The van der Waals surface area contributed by atoms with E-state index < -0.39 is 0 Å². The third-order valence-corrected chi connectivity index (χ3v) is 4.30. The minimum absolute atomic E-state index is 0.829. The first-order valence-corrected chi connectivity index (χ1v) is 7.77. The lowest BCUT2D eigenvalue weighted by atomic mass is 9.96. The van der Waals surface area contributed by atoms with Crippen LogP contribution in [0.15, 0.2) is 24.3 Å². The second-order valence-electron chi connectivity index (χ2n) is 5.57. The molecule has 0 aromatic heterocycles. The molecule has 0 aliphatic carbocycles. The molecule has 1 saturated heterocycles. The van der Waals surface area contributed by atoms with Gasteiger partial charge >= 0.3 is 0 Å². The van der Waals surface area contributed by atoms with Crippen LogP contribution in [0.2, 0.25) is 5.02 Å². The van der Waals surface area contributed by atoms with Crippen LogP contribution in [0, 0.1) is 5.92 Å². The fourth-order valence-electron chi connectivity index (χ4n) is 2.86. The monoisotopic (exact) mass is 280 g/mol. The van der Waals surface area contributed by atoms with Crippen molar-refractivity contribution >= 4 is 11.6 Å². The van der Waals surface area contributed by atoms with Gasteiger partial charge in [0.15, 0.2) is 0 Å². The summed E-state index contributed by atoms with van der Waals surface area (Å²) in [7, 11) is 2.05. The highest BCUT2D eigenvalue weighted by atomic mass is 35.5. The number of hydrogen-bond acceptors (Lipinski definition) is 2. The second kappa shape index (κ2) is 7.88. The van der Waals surface area contributed by atoms with Crippen molar-refractivity contribution in [2.75, 3.05) is 33.2 Å². The van der Waals surface area contributed by atoms with E-state index in [0.717, 1.165) is 17.4 Å². The Morgan fingerprint density at radius 3 is 2.53 bits per heavy atom. The largest absolute Gasteiger partial charge is 0.319 e. The Kier molecular flexibility index (Phi) is 6.15. The molecule has 2 rings (SSSR count). The molecule has 0 radical (unpaired) electrons. The predicted octanol–water partition coefficient (Wildman–Crippen LogP) is 3.20. The van der Waals surface area contributed by atoms with Gasteiger partial charge in [-0.25, -0.2) is 0 Å². The van der Waals surface area contributed by atoms with Gasteiger partial charge in [-0.2, -0.15) is 0 Å². The number of halogens is 1. The lowest BCUT2D eigenvalue weighted by molar-refractivity contribution is 0.182. The zero-order chi connectivity index (χ0) is 13.5. The molecule has 19 heavy (non-hydrogen) atoms. The summed E-state index contributed by atoms with van der Waals surface area (Å²) in [6.45, 7) is 4.95. The van der Waals surface area contributed by atoms with E-state index in [-0.39, 0.29) is 0 Å². The number of piperidine rings is 1. The third kappa shape index (κ3) is 5.13. The topological polar surface area (TPSA) is 15.3 Å². The van der Waals surface area contributed by atoms with E-state index in [1.807, 2.05) is 12.1 Å². The van der Waals surface area contributed by atoms with Crippen molar-refractivity contribution in [2.45, 2.75) is 25.7 Å². The maximum Gasteiger partial charge on any atom is 0.0406 e. The van der Waals surface area contributed by atoms with Gasteiger partial charge in [0.2, 0.25) is 0 Å². The number of likely N-dealkylation sites (tertiary alicyclic amines) is 1. The van der Waals surface area contributed by atoms with Gasteiger partial charge in [-0.15, -0.1) is 0 Å². The summed E-state index contributed by atoms with van der Waals surface area (Å²) in [4.78, 5) is 2.61. The highest BCUT2D eigenvalue weighted by Gasteiger charge is 2.17. The molecule has 2 nitrogen and oxygen atoms in total. The van der Waals surface area contributed by atoms with Gasteiger partial charge in [-0.1, -0.05) is 23.7 Å². The highest BCUT2D eigenvalue weighted by molar-refractivity contribution is 6.30. The van der Waals surface area contributed by atoms with E-state index in [0.29, 0.717) is 0 Å². The summed E-state index contributed by atoms with van der Waals surface area (Å²) >= 11 is 5.89. The molecule has 1 N–H and O–H groups in total. The van der Waals surface area contributed by atoms with E-state index in [1.165, 1.54) is 51.0 Å². The molecule has 1 heterocycles.